The van der Waals surface area contributed by atoms with Crippen molar-refractivity contribution in [3.8, 4) is 17.2 Å². The minimum Gasteiger partial charge on any atom is -0.497 e. The van der Waals surface area contributed by atoms with Gasteiger partial charge in [0.15, 0.2) is 5.11 Å². The van der Waals surface area contributed by atoms with Crippen LogP contribution in [0, 0.1) is 0 Å². The molecule has 0 aromatic heterocycles. The Kier molecular flexibility index (Phi) is 5.67. The number of hydrogen-bond acceptors (Lipinski definition) is 4. The van der Waals surface area contributed by atoms with Crippen LogP contribution in [0.3, 0.4) is 0 Å². The molecule has 7 heteroatoms. The van der Waals surface area contributed by atoms with Crippen LogP contribution < -0.4 is 24.8 Å². The van der Waals surface area contributed by atoms with Crippen molar-refractivity contribution in [3.05, 3.63) is 47.0 Å². The molecular formula is C20H23ClN2O3S. The summed E-state index contributed by atoms with van der Waals surface area (Å²) in [4.78, 5) is 0. The maximum absolute atomic E-state index is 6.18. The number of halogens is 1. The van der Waals surface area contributed by atoms with Crippen molar-refractivity contribution >= 4 is 34.6 Å². The molecule has 0 amide bonds. The lowest BCUT2D eigenvalue weighted by atomic mass is 9.89. The van der Waals surface area contributed by atoms with Gasteiger partial charge in [0.05, 0.1) is 25.3 Å². The van der Waals surface area contributed by atoms with E-state index in [4.69, 9.17) is 38.0 Å². The van der Waals surface area contributed by atoms with E-state index in [1.807, 2.05) is 24.3 Å². The molecule has 5 nitrogen and oxygen atoms in total. The smallest absolute Gasteiger partial charge is 0.171 e. The molecule has 0 saturated heterocycles. The maximum Gasteiger partial charge on any atom is 0.171 e. The zero-order valence-electron chi connectivity index (χ0n) is 15.8. The Morgan fingerprint density at radius 2 is 1.96 bits per heavy atom. The summed E-state index contributed by atoms with van der Waals surface area (Å²) in [5, 5.41) is 7.59. The van der Waals surface area contributed by atoms with Gasteiger partial charge in [0.25, 0.3) is 0 Å². The third kappa shape index (κ3) is 4.57. The van der Waals surface area contributed by atoms with Crippen molar-refractivity contribution in [1.82, 2.24) is 5.32 Å². The number of fused-ring (bicyclic) bond motifs is 1. The topological polar surface area (TPSA) is 51.8 Å². The van der Waals surface area contributed by atoms with Gasteiger partial charge in [-0.25, -0.2) is 0 Å². The molecule has 27 heavy (non-hydrogen) atoms. The fourth-order valence-corrected chi connectivity index (χ4v) is 3.68. The van der Waals surface area contributed by atoms with Crippen LogP contribution >= 0.6 is 23.8 Å². The Hall–Kier alpha value is -2.18. The third-order valence-corrected chi connectivity index (χ3v) is 4.90. The summed E-state index contributed by atoms with van der Waals surface area (Å²) in [6.07, 6.45) is 0.762. The molecule has 0 radical (unpaired) electrons. The van der Waals surface area contributed by atoms with Crippen LogP contribution in [0.25, 0.3) is 0 Å². The number of hydrogen-bond donors (Lipinski definition) is 2. The van der Waals surface area contributed by atoms with E-state index in [-0.39, 0.29) is 11.6 Å². The number of nitrogens with one attached hydrogen (secondary N) is 2. The third-order valence-electron chi connectivity index (χ3n) is 4.39. The van der Waals surface area contributed by atoms with E-state index in [9.17, 15) is 0 Å². The summed E-state index contributed by atoms with van der Waals surface area (Å²) in [5.41, 5.74) is 1.50. The quantitative estimate of drug-likeness (QED) is 0.701. The molecule has 1 atom stereocenters. The van der Waals surface area contributed by atoms with E-state index in [1.54, 1.807) is 26.4 Å². The van der Waals surface area contributed by atoms with Crippen molar-refractivity contribution in [1.29, 1.82) is 0 Å². The molecule has 0 spiro atoms. The van der Waals surface area contributed by atoms with Gasteiger partial charge < -0.3 is 24.8 Å². The molecule has 1 aliphatic rings. The van der Waals surface area contributed by atoms with Crippen molar-refractivity contribution in [2.45, 2.75) is 31.9 Å². The summed E-state index contributed by atoms with van der Waals surface area (Å²) >= 11 is 11.7. The molecule has 3 rings (SSSR count). The molecular weight excluding hydrogens is 384 g/mol. The van der Waals surface area contributed by atoms with E-state index < -0.39 is 0 Å². The standard InChI is InChI=1S/C20H23ClN2O3S/c1-20(2)11-16(14-10-13(24-3)6-8-17(14)26-20)23-19(27)22-12-5-7-18(25-4)15(21)9-12/h5-10,16H,11H2,1-4H3,(H2,22,23,27)/t16-/m1/s1. The number of benzene rings is 2. The Balaban J connectivity index is 1.78. The van der Waals surface area contributed by atoms with Gasteiger partial charge in [0.2, 0.25) is 0 Å². The highest BCUT2D eigenvalue weighted by Crippen LogP contribution is 2.41. The number of ether oxygens (including phenoxy) is 3. The van der Waals surface area contributed by atoms with Crippen LogP contribution in [0.2, 0.25) is 5.02 Å². The molecule has 0 bridgehead atoms. The largest absolute Gasteiger partial charge is 0.497 e. The highest BCUT2D eigenvalue weighted by Gasteiger charge is 2.34. The Bertz CT molecular complexity index is 857. The molecule has 2 aromatic rings. The first-order valence-corrected chi connectivity index (χ1v) is 9.38. The van der Waals surface area contributed by atoms with Gasteiger partial charge >= 0.3 is 0 Å². The van der Waals surface area contributed by atoms with Crippen molar-refractivity contribution in [3.63, 3.8) is 0 Å². The molecule has 0 unspecified atom stereocenters. The van der Waals surface area contributed by atoms with Gasteiger partial charge in [-0.1, -0.05) is 11.6 Å². The average molecular weight is 407 g/mol. The van der Waals surface area contributed by atoms with E-state index in [0.29, 0.717) is 15.9 Å². The minimum atomic E-state index is -0.307. The molecule has 144 valence electrons. The normalized spacial score (nSPS) is 17.3. The lowest BCUT2D eigenvalue weighted by molar-refractivity contribution is 0.0695. The maximum atomic E-state index is 6.18. The monoisotopic (exact) mass is 406 g/mol. The van der Waals surface area contributed by atoms with Crippen LogP contribution in [0.4, 0.5) is 5.69 Å². The molecule has 0 fully saturated rings. The first kappa shape index (κ1) is 19.6. The molecule has 1 aliphatic heterocycles. The molecule has 1 heterocycles. The van der Waals surface area contributed by atoms with Crippen LogP contribution in [-0.2, 0) is 0 Å². The number of methoxy groups -OCH3 is 2. The molecule has 2 N–H and O–H groups in total. The van der Waals surface area contributed by atoms with Crippen molar-refractivity contribution in [2.24, 2.45) is 0 Å². The minimum absolute atomic E-state index is 0.00688. The highest BCUT2D eigenvalue weighted by atomic mass is 35.5. The second-order valence-corrected chi connectivity index (χ2v) is 7.79. The summed E-state index contributed by atoms with van der Waals surface area (Å²) in [7, 11) is 3.23. The Morgan fingerprint density at radius 3 is 2.63 bits per heavy atom. The fourth-order valence-electron chi connectivity index (χ4n) is 3.16. The molecule has 0 aliphatic carbocycles. The number of rotatable bonds is 4. The summed E-state index contributed by atoms with van der Waals surface area (Å²) in [6, 6.07) is 11.2. The van der Waals surface area contributed by atoms with E-state index in [0.717, 1.165) is 29.2 Å². The van der Waals surface area contributed by atoms with Gasteiger partial charge in [-0.15, -0.1) is 0 Å². The first-order chi connectivity index (χ1) is 12.8. The Morgan fingerprint density at radius 1 is 1.19 bits per heavy atom. The zero-order chi connectivity index (χ0) is 19.6. The van der Waals surface area contributed by atoms with Crippen LogP contribution in [0.5, 0.6) is 17.2 Å². The number of thiocarbonyl (C=S) groups is 1. The first-order valence-electron chi connectivity index (χ1n) is 8.59. The summed E-state index contributed by atoms with van der Waals surface area (Å²) < 4.78 is 16.6. The number of anilines is 1. The second-order valence-electron chi connectivity index (χ2n) is 6.97. The predicted molar refractivity (Wildman–Crippen MR) is 112 cm³/mol. The highest BCUT2D eigenvalue weighted by molar-refractivity contribution is 7.80. The van der Waals surface area contributed by atoms with Gasteiger partial charge in [-0.2, -0.15) is 0 Å². The van der Waals surface area contributed by atoms with E-state index in [2.05, 4.69) is 24.5 Å². The van der Waals surface area contributed by atoms with Crippen LogP contribution in [0.1, 0.15) is 31.9 Å². The van der Waals surface area contributed by atoms with Crippen molar-refractivity contribution in [2.75, 3.05) is 19.5 Å². The molecule has 0 saturated carbocycles. The van der Waals surface area contributed by atoms with Crippen LogP contribution in [0.15, 0.2) is 36.4 Å². The van der Waals surface area contributed by atoms with Crippen LogP contribution in [-0.4, -0.2) is 24.9 Å². The lowest BCUT2D eigenvalue weighted by Crippen LogP contribution is -2.42. The van der Waals surface area contributed by atoms with E-state index >= 15 is 0 Å². The lowest BCUT2D eigenvalue weighted by Gasteiger charge is -2.38. The van der Waals surface area contributed by atoms with Gasteiger partial charge in [0.1, 0.15) is 22.8 Å². The summed E-state index contributed by atoms with van der Waals surface area (Å²) in [5.74, 6) is 2.23. The molecule has 2 aromatic carbocycles. The average Bonchev–Trinajstić information content (AvgIpc) is 2.60. The Labute approximate surface area is 170 Å². The fraction of sp³-hybridized carbons (Fsp3) is 0.350. The zero-order valence-corrected chi connectivity index (χ0v) is 17.3. The predicted octanol–water partition coefficient (Wildman–Crippen LogP) is 4.95. The SMILES string of the molecule is COc1ccc2c(c1)[C@H](NC(=S)Nc1ccc(OC)c(Cl)c1)CC(C)(C)O2. The van der Waals surface area contributed by atoms with E-state index in [1.165, 1.54) is 0 Å². The van der Waals surface area contributed by atoms with Gasteiger partial charge in [0, 0.05) is 17.7 Å². The van der Waals surface area contributed by atoms with Gasteiger partial charge in [-0.05, 0) is 62.5 Å². The van der Waals surface area contributed by atoms with Gasteiger partial charge in [-0.3, -0.25) is 0 Å². The summed E-state index contributed by atoms with van der Waals surface area (Å²) in [6.45, 7) is 4.13. The second kappa shape index (κ2) is 7.82. The van der Waals surface area contributed by atoms with Crippen molar-refractivity contribution < 1.29 is 14.2 Å².